The fourth-order valence-corrected chi connectivity index (χ4v) is 0. The standard InChI is InChI=1S/6CN.Cu.Fe/c6*1-2;;/q6*-1;+2;+3. The fraction of sp³-hybridized carbons (Fsp3) is 0. The largest absolute Gasteiger partial charge is 3.00 e. The Morgan fingerprint density at radius 1 is 0.357 bits per heavy atom. The van der Waals surface area contributed by atoms with Crippen LogP contribution >= 0.6 is 0 Å². The van der Waals surface area contributed by atoms with Crippen LogP contribution in [0.2, 0.25) is 0 Å². The molecule has 0 spiro atoms. The average Bonchev–Trinajstić information content (AvgIpc) is 2.33. The SMILES string of the molecule is [C-]#N.[C-]#N.[C-]#N.[C-]#N.[C-]#N.[C-]#N.[Cu+2].[Fe+3]. The molecule has 0 N–H and O–H groups in total. The van der Waals surface area contributed by atoms with Gasteiger partial charge < -0.3 is 71.0 Å². The summed E-state index contributed by atoms with van der Waals surface area (Å²) in [6, 6.07) is 0. The van der Waals surface area contributed by atoms with Gasteiger partial charge in [-0.1, -0.05) is 0 Å². The van der Waals surface area contributed by atoms with Crippen molar-refractivity contribution in [2.75, 3.05) is 0 Å². The minimum absolute atomic E-state index is 0. The van der Waals surface area contributed by atoms with Crippen molar-refractivity contribution in [2.45, 2.75) is 0 Å². The molecule has 74 valence electrons. The van der Waals surface area contributed by atoms with Gasteiger partial charge in [-0.25, -0.2) is 0 Å². The van der Waals surface area contributed by atoms with Gasteiger partial charge in [-0.05, 0) is 0 Å². The molecule has 14 heavy (non-hydrogen) atoms. The predicted molar refractivity (Wildman–Crippen MR) is 29.8 cm³/mol. The average molecular weight is 275 g/mol. The molecule has 0 rings (SSSR count). The molecule has 0 fully saturated rings. The quantitative estimate of drug-likeness (QED) is 0.467. The van der Waals surface area contributed by atoms with E-state index < -0.39 is 0 Å². The van der Waals surface area contributed by atoms with Gasteiger partial charge in [0.1, 0.15) is 0 Å². The van der Waals surface area contributed by atoms with Crippen molar-refractivity contribution in [2.24, 2.45) is 0 Å². The molecule has 0 atom stereocenters. The Morgan fingerprint density at radius 3 is 0.357 bits per heavy atom. The second kappa shape index (κ2) is 268. The maximum Gasteiger partial charge on any atom is 3.00 e. The Hall–Kier alpha value is -2.02. The van der Waals surface area contributed by atoms with E-state index in [0.29, 0.717) is 0 Å². The second-order valence-corrected chi connectivity index (χ2v) is 0. The van der Waals surface area contributed by atoms with Gasteiger partial charge in [-0.15, -0.1) is 0 Å². The first kappa shape index (κ1) is 91.2. The Labute approximate surface area is 105 Å². The first-order valence-electron chi connectivity index (χ1n) is 1.34. The van der Waals surface area contributed by atoms with Gasteiger partial charge in [0.15, 0.2) is 0 Å². The molecule has 0 aromatic rings. The molecule has 0 heterocycles. The number of hydrogen-bond donors (Lipinski definition) is 0. The molecule has 0 aromatic carbocycles. The Balaban J connectivity index is -0.00000000500. The van der Waals surface area contributed by atoms with Crippen LogP contribution in [0.1, 0.15) is 0 Å². The minimum Gasteiger partial charge on any atom is -0.512 e. The zero-order valence-electron chi connectivity index (χ0n) is 6.34. The second-order valence-electron chi connectivity index (χ2n) is 0. The molecular formula is C6CuFeN6-. The molecule has 0 saturated heterocycles. The summed E-state index contributed by atoms with van der Waals surface area (Å²) in [7, 11) is 0. The van der Waals surface area contributed by atoms with E-state index in [9.17, 15) is 0 Å². The summed E-state index contributed by atoms with van der Waals surface area (Å²) in [5.74, 6) is 0. The molecule has 0 aliphatic carbocycles. The van der Waals surface area contributed by atoms with Crippen LogP contribution in [0.15, 0.2) is 0 Å². The van der Waals surface area contributed by atoms with Crippen LogP contribution in [-0.4, -0.2) is 0 Å². The fourth-order valence-electron chi connectivity index (χ4n) is 0. The van der Waals surface area contributed by atoms with Gasteiger partial charge in [-0.2, -0.15) is 0 Å². The Kier molecular flexibility index (Phi) is 1740. The summed E-state index contributed by atoms with van der Waals surface area (Å²) in [5, 5.41) is 37.5. The van der Waals surface area contributed by atoms with E-state index in [0.717, 1.165) is 0 Å². The summed E-state index contributed by atoms with van der Waals surface area (Å²) in [6.45, 7) is 28.5. The van der Waals surface area contributed by atoms with Crippen LogP contribution in [0.4, 0.5) is 0 Å². The number of hydrogen-bond acceptors (Lipinski definition) is 6. The molecule has 0 bridgehead atoms. The normalized spacial score (nSPS) is 0.857. The van der Waals surface area contributed by atoms with Gasteiger partial charge in [0.05, 0.1) is 0 Å². The number of rotatable bonds is 0. The molecule has 8 heteroatoms. The molecular weight excluding hydrogens is 275 g/mol. The van der Waals surface area contributed by atoms with Crippen LogP contribution in [0.3, 0.4) is 0 Å². The molecule has 0 saturated carbocycles. The third kappa shape index (κ3) is 197. The molecule has 0 aliphatic rings. The molecule has 0 aliphatic heterocycles. The first-order chi connectivity index (χ1) is 6.00. The van der Waals surface area contributed by atoms with Crippen LogP contribution in [0.5, 0.6) is 0 Å². The van der Waals surface area contributed by atoms with E-state index in [1.165, 1.54) is 0 Å². The van der Waals surface area contributed by atoms with Gasteiger partial charge in [0.25, 0.3) is 0 Å². The third-order valence-corrected chi connectivity index (χ3v) is 0. The van der Waals surface area contributed by atoms with E-state index in [1.54, 1.807) is 0 Å². The summed E-state index contributed by atoms with van der Waals surface area (Å²) in [5.41, 5.74) is 0. The van der Waals surface area contributed by atoms with Crippen LogP contribution in [0, 0.1) is 71.0 Å². The van der Waals surface area contributed by atoms with Crippen molar-refractivity contribution in [1.82, 2.24) is 0 Å². The van der Waals surface area contributed by atoms with Crippen LogP contribution in [-0.2, 0) is 34.1 Å². The maximum absolute atomic E-state index is 6.25. The molecule has 6 nitrogen and oxygen atoms in total. The van der Waals surface area contributed by atoms with Gasteiger partial charge >= 0.3 is 34.1 Å². The van der Waals surface area contributed by atoms with Gasteiger partial charge in [0, 0.05) is 0 Å². The molecule has 0 unspecified atom stereocenters. The number of nitrogens with zero attached hydrogens (tertiary/aromatic N) is 6. The first-order valence-corrected chi connectivity index (χ1v) is 1.34. The van der Waals surface area contributed by atoms with E-state index >= 15 is 0 Å². The van der Waals surface area contributed by atoms with Gasteiger partial charge in [-0.3, -0.25) is 0 Å². The van der Waals surface area contributed by atoms with E-state index in [4.69, 9.17) is 71.0 Å². The summed E-state index contributed by atoms with van der Waals surface area (Å²) >= 11 is 0. The third-order valence-electron chi connectivity index (χ3n) is 0. The van der Waals surface area contributed by atoms with E-state index in [1.807, 2.05) is 0 Å². The zero-order chi connectivity index (χ0) is 12.0. The van der Waals surface area contributed by atoms with E-state index in [2.05, 4.69) is 0 Å². The topological polar surface area (TPSA) is 143 Å². The van der Waals surface area contributed by atoms with Gasteiger partial charge in [0.2, 0.25) is 0 Å². The Morgan fingerprint density at radius 2 is 0.357 bits per heavy atom. The van der Waals surface area contributed by atoms with Crippen molar-refractivity contribution >= 4 is 0 Å². The van der Waals surface area contributed by atoms with Crippen LogP contribution < -0.4 is 0 Å². The van der Waals surface area contributed by atoms with Crippen molar-refractivity contribution < 1.29 is 34.1 Å². The van der Waals surface area contributed by atoms with Crippen molar-refractivity contribution in [3.8, 4) is 0 Å². The summed E-state index contributed by atoms with van der Waals surface area (Å²) in [6.07, 6.45) is 0. The van der Waals surface area contributed by atoms with Crippen molar-refractivity contribution in [1.29, 1.82) is 31.6 Å². The minimum atomic E-state index is 0. The molecule has 0 aromatic heterocycles. The smallest absolute Gasteiger partial charge is 0.512 e. The zero-order valence-corrected chi connectivity index (χ0v) is 8.38. The van der Waals surface area contributed by atoms with Crippen molar-refractivity contribution in [3.63, 3.8) is 0 Å². The molecule has 0 amide bonds. The van der Waals surface area contributed by atoms with Crippen LogP contribution in [0.25, 0.3) is 0 Å². The summed E-state index contributed by atoms with van der Waals surface area (Å²) < 4.78 is 0. The predicted octanol–water partition coefficient (Wildman–Crippen LogP) is 0.573. The summed E-state index contributed by atoms with van der Waals surface area (Å²) in [4.78, 5) is 0. The monoisotopic (exact) mass is 275 g/mol. The maximum atomic E-state index is 6.25. The van der Waals surface area contributed by atoms with Crippen molar-refractivity contribution in [3.05, 3.63) is 39.4 Å². The molecule has 2 radical (unpaired) electrons. The Bertz CT molecular complexity index is 97.3. The van der Waals surface area contributed by atoms with E-state index in [-0.39, 0.29) is 34.1 Å².